The molecule has 2 aromatic rings. The first-order valence-electron chi connectivity index (χ1n) is 20.9. The largest absolute Gasteiger partial charge is 0.458 e. The number of aliphatic hydroxyl groups is 2. The molecule has 0 radical (unpaired) electrons. The van der Waals surface area contributed by atoms with E-state index in [1.807, 2.05) is 41.5 Å². The second-order valence-corrected chi connectivity index (χ2v) is 17.8. The van der Waals surface area contributed by atoms with Crippen LogP contribution in [-0.4, -0.2) is 108 Å². The van der Waals surface area contributed by atoms with E-state index in [9.17, 15) is 39.5 Å². The normalized spacial score (nSPS) is 20.5. The highest BCUT2D eigenvalue weighted by Gasteiger charge is 2.39. The Morgan fingerprint density at radius 3 is 2.47 bits per heavy atom. The highest BCUT2D eigenvalue weighted by Crippen LogP contribution is 2.35. The summed E-state index contributed by atoms with van der Waals surface area (Å²) in [5, 5.41) is 43.4. The lowest BCUT2D eigenvalue weighted by Gasteiger charge is -2.32. The van der Waals surface area contributed by atoms with Gasteiger partial charge in [0.1, 0.15) is 6.10 Å². The number of aryl methyl sites for hydroxylation is 1. The molecule has 18 heteroatoms. The Morgan fingerprint density at radius 1 is 1.08 bits per heavy atom. The van der Waals surface area contributed by atoms with Crippen LogP contribution in [0.4, 0.5) is 5.69 Å². The third kappa shape index (κ3) is 14.3. The molecule has 0 aliphatic carbocycles. The molecule has 0 spiro atoms. The predicted octanol–water partition coefficient (Wildman–Crippen LogP) is 4.58. The molecule has 5 atom stereocenters. The summed E-state index contributed by atoms with van der Waals surface area (Å²) in [4.78, 5) is 63.3. The molecule has 2 aliphatic heterocycles. The highest BCUT2D eigenvalue weighted by molar-refractivity contribution is 6.03. The van der Waals surface area contributed by atoms with E-state index >= 15 is 0 Å². The number of nitrogens with zero attached hydrogens (tertiary/aromatic N) is 5. The first-order valence-corrected chi connectivity index (χ1v) is 20.9. The van der Waals surface area contributed by atoms with E-state index in [4.69, 9.17) is 18.9 Å². The summed E-state index contributed by atoms with van der Waals surface area (Å²) in [6, 6.07) is 4.22. The monoisotopic (exact) mass is 844 g/mol. The third-order valence-corrected chi connectivity index (χ3v) is 10.7. The Labute approximate surface area is 351 Å². The van der Waals surface area contributed by atoms with Crippen LogP contribution in [0.25, 0.3) is 0 Å². The average Bonchev–Trinajstić information content (AvgIpc) is 3.74. The van der Waals surface area contributed by atoms with Crippen LogP contribution in [0.2, 0.25) is 0 Å². The van der Waals surface area contributed by atoms with Crippen LogP contribution in [0, 0.1) is 27.9 Å². The van der Waals surface area contributed by atoms with Crippen molar-refractivity contribution in [1.82, 2.24) is 25.2 Å². The maximum Gasteiger partial charge on any atom is 0.311 e. The molecule has 1 aromatic carbocycles. The van der Waals surface area contributed by atoms with E-state index in [0.29, 0.717) is 50.0 Å². The number of amides is 3. The van der Waals surface area contributed by atoms with E-state index in [1.54, 1.807) is 30.8 Å². The van der Waals surface area contributed by atoms with Gasteiger partial charge in [-0.2, -0.15) is 0 Å². The molecule has 2 aliphatic rings. The van der Waals surface area contributed by atoms with E-state index in [0.717, 1.165) is 6.42 Å². The zero-order valence-corrected chi connectivity index (χ0v) is 36.3. The zero-order chi connectivity index (χ0) is 44.4. The number of nitro groups is 1. The summed E-state index contributed by atoms with van der Waals surface area (Å²) in [7, 11) is 0. The number of ether oxygens (including phenoxy) is 4. The minimum Gasteiger partial charge on any atom is -0.458 e. The van der Waals surface area contributed by atoms with Crippen molar-refractivity contribution in [3.63, 3.8) is 0 Å². The molecule has 4 rings (SSSR count). The maximum atomic E-state index is 12.8. The Morgan fingerprint density at radius 2 is 1.82 bits per heavy atom. The van der Waals surface area contributed by atoms with Gasteiger partial charge in [0.2, 0.25) is 24.0 Å². The van der Waals surface area contributed by atoms with Crippen molar-refractivity contribution in [1.29, 1.82) is 0 Å². The molecule has 3 N–H and O–H groups in total. The lowest BCUT2D eigenvalue weighted by atomic mass is 9.94. The van der Waals surface area contributed by atoms with Crippen molar-refractivity contribution in [2.45, 2.75) is 155 Å². The number of esters is 1. The molecular weight excluding hydrogens is 780 g/mol. The molecular formula is C42H64N6O12. The number of unbranched alkanes of at least 4 members (excludes halogenated alkanes) is 2. The summed E-state index contributed by atoms with van der Waals surface area (Å²) in [6.45, 7) is 15.7. The molecule has 334 valence electrons. The van der Waals surface area contributed by atoms with Crippen molar-refractivity contribution in [2.75, 3.05) is 19.8 Å². The zero-order valence-electron chi connectivity index (χ0n) is 36.3. The lowest BCUT2D eigenvalue weighted by molar-refractivity contribution is -0.386. The molecule has 2 saturated heterocycles. The van der Waals surface area contributed by atoms with Crippen LogP contribution in [0.15, 0.2) is 24.4 Å². The van der Waals surface area contributed by atoms with E-state index < -0.39 is 58.2 Å². The van der Waals surface area contributed by atoms with Crippen LogP contribution < -0.4 is 10.1 Å². The number of hydrogen-bond donors (Lipinski definition) is 3. The second-order valence-electron chi connectivity index (χ2n) is 17.8. The Balaban J connectivity index is 1.27. The van der Waals surface area contributed by atoms with Crippen LogP contribution in [0.3, 0.4) is 0 Å². The molecule has 3 amide bonds. The average molecular weight is 845 g/mol. The van der Waals surface area contributed by atoms with Gasteiger partial charge in [0, 0.05) is 63.4 Å². The molecule has 5 unspecified atom stereocenters. The molecule has 0 bridgehead atoms. The smallest absolute Gasteiger partial charge is 0.311 e. The lowest BCUT2D eigenvalue weighted by Crippen LogP contribution is -2.48. The van der Waals surface area contributed by atoms with Gasteiger partial charge < -0.3 is 34.5 Å². The molecule has 2 fully saturated rings. The van der Waals surface area contributed by atoms with Crippen LogP contribution in [0.1, 0.15) is 124 Å². The summed E-state index contributed by atoms with van der Waals surface area (Å²) in [6.07, 6.45) is 1.80. The number of benzene rings is 1. The number of hydrogen-bond acceptors (Lipinski definition) is 14. The Bertz CT molecular complexity index is 1800. The number of aromatic nitrogens is 3. The van der Waals surface area contributed by atoms with Crippen molar-refractivity contribution in [3.05, 3.63) is 45.8 Å². The summed E-state index contributed by atoms with van der Waals surface area (Å²) >= 11 is 0. The van der Waals surface area contributed by atoms with Gasteiger partial charge in [0.25, 0.3) is 0 Å². The van der Waals surface area contributed by atoms with Gasteiger partial charge in [-0.3, -0.25) is 38.9 Å². The number of imide groups is 1. The SMILES string of the molecule is CC(C)C(=O)OC(Cc1cn(CCC(C)(C)OCC(C)(C)NC(=O)CCCCCN2C(=O)CC(C(C)C)C2=O)nn1)c1ccc(OC2CC(O)CC(CO)O2)c([N+](=O)[O-])c1. The van der Waals surface area contributed by atoms with Crippen molar-refractivity contribution < 1.29 is 53.3 Å². The molecule has 3 heterocycles. The topological polar surface area (TPSA) is 235 Å². The number of aliphatic hydroxyl groups excluding tert-OH is 2. The van der Waals surface area contributed by atoms with Crippen molar-refractivity contribution in [2.24, 2.45) is 17.8 Å². The summed E-state index contributed by atoms with van der Waals surface area (Å²) in [5.41, 5.74) is -0.818. The third-order valence-electron chi connectivity index (χ3n) is 10.7. The van der Waals surface area contributed by atoms with E-state index in [-0.39, 0.29) is 74.2 Å². The quantitative estimate of drug-likeness (QED) is 0.0457. The fourth-order valence-corrected chi connectivity index (χ4v) is 7.00. The fraction of sp³-hybridized carbons (Fsp3) is 0.714. The van der Waals surface area contributed by atoms with Gasteiger partial charge >= 0.3 is 11.7 Å². The number of nitro benzene ring substituents is 1. The molecule has 0 saturated carbocycles. The van der Waals surface area contributed by atoms with Gasteiger partial charge in [-0.05, 0) is 64.5 Å². The van der Waals surface area contributed by atoms with E-state index in [1.165, 1.54) is 17.0 Å². The molecule has 1 aromatic heterocycles. The van der Waals surface area contributed by atoms with Gasteiger partial charge in [-0.15, -0.1) is 5.10 Å². The number of rotatable bonds is 23. The van der Waals surface area contributed by atoms with Crippen LogP contribution in [-0.2, 0) is 46.4 Å². The molecule has 60 heavy (non-hydrogen) atoms. The predicted molar refractivity (Wildman–Crippen MR) is 217 cm³/mol. The van der Waals surface area contributed by atoms with Gasteiger partial charge in [-0.25, -0.2) is 0 Å². The van der Waals surface area contributed by atoms with Crippen molar-refractivity contribution >= 4 is 29.4 Å². The van der Waals surface area contributed by atoms with Gasteiger partial charge in [0.05, 0.1) is 53.1 Å². The minimum absolute atomic E-state index is 0.0666. The first-order chi connectivity index (χ1) is 28.2. The maximum absolute atomic E-state index is 12.8. The minimum atomic E-state index is -1.01. The first kappa shape index (κ1) is 48.1. The van der Waals surface area contributed by atoms with Gasteiger partial charge in [0.15, 0.2) is 5.75 Å². The Kier molecular flexibility index (Phi) is 17.1. The fourth-order valence-electron chi connectivity index (χ4n) is 7.00. The molecule has 18 nitrogen and oxygen atoms in total. The van der Waals surface area contributed by atoms with Crippen LogP contribution >= 0.6 is 0 Å². The number of nitrogens with one attached hydrogen (secondary N) is 1. The number of likely N-dealkylation sites (tertiary alicyclic amines) is 1. The second kappa shape index (κ2) is 21.3. The van der Waals surface area contributed by atoms with Gasteiger partial charge in [-0.1, -0.05) is 45.4 Å². The number of carbonyl (C=O) groups is 4. The summed E-state index contributed by atoms with van der Waals surface area (Å²) in [5.74, 6) is -1.48. The van der Waals surface area contributed by atoms with Crippen LogP contribution in [0.5, 0.6) is 5.75 Å². The van der Waals surface area contributed by atoms with Crippen molar-refractivity contribution in [3.8, 4) is 5.75 Å². The van der Waals surface area contributed by atoms with E-state index in [2.05, 4.69) is 15.6 Å². The Hall–Kier alpha value is -4.52. The number of carbonyl (C=O) groups excluding carboxylic acids is 4. The standard InChI is InChI=1S/C42H64N6O12/c1-26(2)32-22-37(52)47(39(32)53)16-11-9-10-12-36(51)43-41(5,6)25-57-42(7,8)15-17-46-23-29(44-45-46)19-35(60-40(54)27(3)4)28-13-14-34(33(18-28)48(55)56)59-38-21-30(50)20-31(24-49)58-38/h13-14,18,23,26-27,30-32,35,38,49-50H,9-12,15-17,19-22,24-25H2,1-8H3,(H,43,51). The summed E-state index contributed by atoms with van der Waals surface area (Å²) < 4.78 is 25.1. The highest BCUT2D eigenvalue weighted by atomic mass is 16.7.